The van der Waals surface area contributed by atoms with Gasteiger partial charge in [0.15, 0.2) is 0 Å². The molecular formula is C16H19N3O. The van der Waals surface area contributed by atoms with Gasteiger partial charge in [0.05, 0.1) is 23.4 Å². The van der Waals surface area contributed by atoms with Gasteiger partial charge < -0.3 is 9.64 Å². The normalized spacial score (nSPS) is 12.1. The first-order valence-electron chi connectivity index (χ1n) is 6.76. The van der Waals surface area contributed by atoms with E-state index in [1.54, 1.807) is 13.3 Å². The highest BCUT2D eigenvalue weighted by Gasteiger charge is 2.19. The van der Waals surface area contributed by atoms with E-state index in [1.807, 2.05) is 24.3 Å². The summed E-state index contributed by atoms with van der Waals surface area (Å²) in [5.41, 5.74) is 2.46. The third-order valence-electron chi connectivity index (χ3n) is 3.44. The van der Waals surface area contributed by atoms with Crippen LogP contribution < -0.4 is 4.90 Å². The van der Waals surface area contributed by atoms with Crippen LogP contribution in [0, 0.1) is 11.3 Å². The van der Waals surface area contributed by atoms with Crippen LogP contribution in [-0.4, -0.2) is 31.3 Å². The van der Waals surface area contributed by atoms with Crippen molar-refractivity contribution in [3.05, 3.63) is 36.0 Å². The molecule has 1 unspecified atom stereocenters. The van der Waals surface area contributed by atoms with Gasteiger partial charge in [-0.05, 0) is 19.9 Å². The van der Waals surface area contributed by atoms with Gasteiger partial charge in [-0.3, -0.25) is 4.98 Å². The van der Waals surface area contributed by atoms with E-state index in [1.165, 1.54) is 0 Å². The van der Waals surface area contributed by atoms with Crippen LogP contribution in [0.3, 0.4) is 0 Å². The van der Waals surface area contributed by atoms with Crippen molar-refractivity contribution in [2.45, 2.75) is 19.9 Å². The summed E-state index contributed by atoms with van der Waals surface area (Å²) in [6.45, 7) is 5.62. The Morgan fingerprint density at radius 2 is 2.15 bits per heavy atom. The van der Waals surface area contributed by atoms with Crippen LogP contribution in [0.25, 0.3) is 10.9 Å². The molecule has 0 aliphatic heterocycles. The number of hydrogen-bond acceptors (Lipinski definition) is 4. The molecule has 4 heteroatoms. The number of ether oxygens (including phenoxy) is 1. The minimum absolute atomic E-state index is 0.197. The van der Waals surface area contributed by atoms with Crippen LogP contribution in [0.1, 0.15) is 19.4 Å². The molecule has 1 aromatic carbocycles. The fourth-order valence-electron chi connectivity index (χ4n) is 2.54. The molecule has 0 fully saturated rings. The van der Waals surface area contributed by atoms with Crippen molar-refractivity contribution >= 4 is 16.6 Å². The fraction of sp³-hybridized carbons (Fsp3) is 0.375. The van der Waals surface area contributed by atoms with Crippen LogP contribution in [0.5, 0.6) is 0 Å². The fourth-order valence-corrected chi connectivity index (χ4v) is 2.54. The van der Waals surface area contributed by atoms with E-state index in [9.17, 15) is 5.26 Å². The average molecular weight is 269 g/mol. The first-order chi connectivity index (χ1) is 9.72. The average Bonchev–Trinajstić information content (AvgIpc) is 2.48. The van der Waals surface area contributed by atoms with Gasteiger partial charge in [-0.1, -0.05) is 18.2 Å². The summed E-state index contributed by atoms with van der Waals surface area (Å²) in [7, 11) is 1.69. The number of aromatic nitrogens is 1. The van der Waals surface area contributed by atoms with Crippen LogP contribution in [-0.2, 0) is 4.74 Å². The second-order valence-electron chi connectivity index (χ2n) is 4.74. The van der Waals surface area contributed by atoms with E-state index in [0.717, 1.165) is 23.1 Å². The minimum atomic E-state index is 0.197. The number of pyridine rings is 1. The van der Waals surface area contributed by atoms with Crippen molar-refractivity contribution in [3.63, 3.8) is 0 Å². The highest BCUT2D eigenvalue weighted by Crippen LogP contribution is 2.30. The molecule has 0 saturated carbocycles. The summed E-state index contributed by atoms with van der Waals surface area (Å²) in [5.74, 6) is 0. The number of para-hydroxylation sites is 1. The Morgan fingerprint density at radius 1 is 1.40 bits per heavy atom. The zero-order valence-corrected chi connectivity index (χ0v) is 12.1. The van der Waals surface area contributed by atoms with Gasteiger partial charge in [-0.15, -0.1) is 0 Å². The number of hydrogen-bond donors (Lipinski definition) is 0. The molecule has 0 bridgehead atoms. The number of benzene rings is 1. The number of nitriles is 1. The van der Waals surface area contributed by atoms with Crippen molar-refractivity contribution in [2.24, 2.45) is 0 Å². The first-order valence-corrected chi connectivity index (χ1v) is 6.76. The minimum Gasteiger partial charge on any atom is -0.383 e. The highest BCUT2D eigenvalue weighted by atomic mass is 16.5. The number of fused-ring (bicyclic) bond motifs is 1. The van der Waals surface area contributed by atoms with Crippen molar-refractivity contribution < 1.29 is 4.74 Å². The Balaban J connectivity index is 2.63. The number of nitrogens with zero attached hydrogens (tertiary/aromatic N) is 3. The lowest BCUT2D eigenvalue weighted by Gasteiger charge is -2.31. The maximum Gasteiger partial charge on any atom is 0.103 e. The molecule has 4 nitrogen and oxygen atoms in total. The monoisotopic (exact) mass is 269 g/mol. The lowest BCUT2D eigenvalue weighted by molar-refractivity contribution is 0.182. The molecule has 20 heavy (non-hydrogen) atoms. The maximum atomic E-state index is 9.39. The molecule has 0 aliphatic rings. The number of likely N-dealkylation sites (N-methyl/N-ethyl adjacent to an activating group) is 1. The Bertz CT molecular complexity index is 633. The smallest absolute Gasteiger partial charge is 0.103 e. The molecule has 1 heterocycles. The molecule has 2 rings (SSSR count). The van der Waals surface area contributed by atoms with Crippen LogP contribution in [0.2, 0.25) is 0 Å². The molecule has 1 atom stereocenters. The van der Waals surface area contributed by atoms with Crippen LogP contribution >= 0.6 is 0 Å². The summed E-state index contributed by atoms with van der Waals surface area (Å²) >= 11 is 0. The topological polar surface area (TPSA) is 49.2 Å². The lowest BCUT2D eigenvalue weighted by Crippen LogP contribution is -2.36. The summed E-state index contributed by atoms with van der Waals surface area (Å²) in [5, 5.41) is 10.4. The van der Waals surface area contributed by atoms with Gasteiger partial charge in [-0.2, -0.15) is 5.26 Å². The largest absolute Gasteiger partial charge is 0.383 e. The van der Waals surface area contributed by atoms with Gasteiger partial charge in [0.1, 0.15) is 6.07 Å². The lowest BCUT2D eigenvalue weighted by atomic mass is 10.1. The predicted molar refractivity (Wildman–Crippen MR) is 80.8 cm³/mol. The van der Waals surface area contributed by atoms with E-state index in [4.69, 9.17) is 4.74 Å². The first kappa shape index (κ1) is 14.3. The number of rotatable bonds is 5. The standard InChI is InChI=1S/C16H19N3O/c1-4-19(12(2)11-20-3)16-13(9-17)10-18-15-8-6-5-7-14(15)16/h5-8,10,12H,4,11H2,1-3H3. The summed E-state index contributed by atoms with van der Waals surface area (Å²) in [6.07, 6.45) is 1.65. The SMILES string of the molecule is CCN(c1c(C#N)cnc2ccccc12)C(C)COC. The molecule has 0 spiro atoms. The maximum absolute atomic E-state index is 9.39. The van der Waals surface area contributed by atoms with Crippen LogP contribution in [0.15, 0.2) is 30.5 Å². The molecule has 0 N–H and O–H groups in total. The molecule has 104 valence electrons. The quantitative estimate of drug-likeness (QED) is 0.837. The van der Waals surface area contributed by atoms with Gasteiger partial charge in [-0.25, -0.2) is 0 Å². The number of methoxy groups -OCH3 is 1. The van der Waals surface area contributed by atoms with Gasteiger partial charge in [0.2, 0.25) is 0 Å². The van der Waals surface area contributed by atoms with Crippen molar-refractivity contribution in [2.75, 3.05) is 25.2 Å². The third kappa shape index (κ3) is 2.59. The molecule has 0 amide bonds. The Labute approximate surface area is 119 Å². The molecule has 2 aromatic rings. The Kier molecular flexibility index (Phi) is 4.54. The zero-order valence-electron chi connectivity index (χ0n) is 12.1. The Morgan fingerprint density at radius 3 is 2.80 bits per heavy atom. The second-order valence-corrected chi connectivity index (χ2v) is 4.74. The van der Waals surface area contributed by atoms with Gasteiger partial charge in [0, 0.05) is 31.3 Å². The predicted octanol–water partition coefficient (Wildman–Crippen LogP) is 2.97. The van der Waals surface area contributed by atoms with Crippen molar-refractivity contribution in [1.29, 1.82) is 5.26 Å². The van der Waals surface area contributed by atoms with Crippen molar-refractivity contribution in [3.8, 4) is 6.07 Å². The van der Waals surface area contributed by atoms with Gasteiger partial charge >= 0.3 is 0 Å². The third-order valence-corrected chi connectivity index (χ3v) is 3.44. The van der Waals surface area contributed by atoms with E-state index in [0.29, 0.717) is 12.2 Å². The highest BCUT2D eigenvalue weighted by molar-refractivity contribution is 5.94. The molecule has 1 aromatic heterocycles. The van der Waals surface area contributed by atoms with E-state index < -0.39 is 0 Å². The molecule has 0 radical (unpaired) electrons. The van der Waals surface area contributed by atoms with E-state index in [-0.39, 0.29) is 6.04 Å². The number of anilines is 1. The molecule has 0 saturated heterocycles. The van der Waals surface area contributed by atoms with Crippen molar-refractivity contribution in [1.82, 2.24) is 4.98 Å². The summed E-state index contributed by atoms with van der Waals surface area (Å²) in [6, 6.07) is 10.4. The summed E-state index contributed by atoms with van der Waals surface area (Å²) < 4.78 is 5.25. The van der Waals surface area contributed by atoms with E-state index >= 15 is 0 Å². The molecular weight excluding hydrogens is 250 g/mol. The Hall–Kier alpha value is -2.12. The van der Waals surface area contributed by atoms with E-state index in [2.05, 4.69) is 29.8 Å². The summed E-state index contributed by atoms with van der Waals surface area (Å²) in [4.78, 5) is 6.55. The molecule has 0 aliphatic carbocycles. The van der Waals surface area contributed by atoms with Crippen LogP contribution in [0.4, 0.5) is 5.69 Å². The zero-order chi connectivity index (χ0) is 14.5. The second kappa shape index (κ2) is 6.36. The van der Waals surface area contributed by atoms with Gasteiger partial charge in [0.25, 0.3) is 0 Å².